The topological polar surface area (TPSA) is 61.3 Å². The van der Waals surface area contributed by atoms with E-state index < -0.39 is 0 Å². The van der Waals surface area contributed by atoms with Gasteiger partial charge >= 0.3 is 0 Å². The van der Waals surface area contributed by atoms with Crippen molar-refractivity contribution in [2.75, 3.05) is 31.5 Å². The number of aliphatic hydroxyl groups excluding tert-OH is 1. The first-order chi connectivity index (χ1) is 11.3. The number of likely N-dealkylation sites (tertiary alicyclic amines) is 1. The van der Waals surface area contributed by atoms with Gasteiger partial charge in [0.1, 0.15) is 0 Å². The Bertz CT molecular complexity index is 599. The van der Waals surface area contributed by atoms with E-state index in [0.29, 0.717) is 6.54 Å². The van der Waals surface area contributed by atoms with Gasteiger partial charge in [0.05, 0.1) is 6.10 Å². The smallest absolute Gasteiger partial charge is 0.0839 e. The Balaban J connectivity index is 1.60. The average molecular weight is 312 g/mol. The van der Waals surface area contributed by atoms with E-state index in [4.69, 9.17) is 0 Å². The summed E-state index contributed by atoms with van der Waals surface area (Å²) < 4.78 is 0. The first-order valence-electron chi connectivity index (χ1n) is 8.31. The molecule has 0 aliphatic carbocycles. The summed E-state index contributed by atoms with van der Waals surface area (Å²) in [6.45, 7) is 3.48. The monoisotopic (exact) mass is 312 g/mol. The zero-order valence-electron chi connectivity index (χ0n) is 13.4. The SMILES string of the molecule is OC(CNc1ccncc1-c1cccnc1)CN1CCCCC1. The normalized spacial score (nSPS) is 16.9. The van der Waals surface area contributed by atoms with Gasteiger partial charge in [-0.3, -0.25) is 9.97 Å². The minimum Gasteiger partial charge on any atom is -0.390 e. The Morgan fingerprint density at radius 1 is 1.09 bits per heavy atom. The van der Waals surface area contributed by atoms with Crippen molar-refractivity contribution < 1.29 is 5.11 Å². The van der Waals surface area contributed by atoms with Gasteiger partial charge < -0.3 is 15.3 Å². The molecule has 2 N–H and O–H groups in total. The number of nitrogens with zero attached hydrogens (tertiary/aromatic N) is 3. The summed E-state index contributed by atoms with van der Waals surface area (Å²) in [6.07, 6.45) is 10.6. The molecule has 23 heavy (non-hydrogen) atoms. The molecule has 2 aromatic rings. The molecule has 1 aliphatic rings. The predicted molar refractivity (Wildman–Crippen MR) is 92.3 cm³/mol. The molecule has 1 fully saturated rings. The maximum atomic E-state index is 10.3. The van der Waals surface area contributed by atoms with Crippen LogP contribution in [0.25, 0.3) is 11.1 Å². The lowest BCUT2D eigenvalue weighted by molar-refractivity contribution is 0.110. The fraction of sp³-hybridized carbons (Fsp3) is 0.444. The molecule has 2 aromatic heterocycles. The van der Waals surface area contributed by atoms with Crippen LogP contribution in [0.3, 0.4) is 0 Å². The lowest BCUT2D eigenvalue weighted by Crippen LogP contribution is -2.39. The van der Waals surface area contributed by atoms with Crippen molar-refractivity contribution in [3.05, 3.63) is 43.0 Å². The van der Waals surface area contributed by atoms with Crippen molar-refractivity contribution in [3.63, 3.8) is 0 Å². The minimum absolute atomic E-state index is 0.372. The third-order valence-corrected chi connectivity index (χ3v) is 4.24. The molecule has 0 amide bonds. The Morgan fingerprint density at radius 3 is 2.70 bits per heavy atom. The van der Waals surface area contributed by atoms with E-state index in [-0.39, 0.29) is 6.10 Å². The number of piperidine rings is 1. The maximum absolute atomic E-state index is 10.3. The highest BCUT2D eigenvalue weighted by Gasteiger charge is 2.15. The lowest BCUT2D eigenvalue weighted by atomic mass is 10.1. The van der Waals surface area contributed by atoms with Crippen LogP contribution in [-0.4, -0.2) is 52.3 Å². The van der Waals surface area contributed by atoms with Crippen molar-refractivity contribution in [2.45, 2.75) is 25.4 Å². The molecule has 1 aliphatic heterocycles. The third kappa shape index (κ3) is 4.50. The lowest BCUT2D eigenvalue weighted by Gasteiger charge is -2.28. The van der Waals surface area contributed by atoms with Crippen molar-refractivity contribution in [1.82, 2.24) is 14.9 Å². The van der Waals surface area contributed by atoms with Crippen LogP contribution in [-0.2, 0) is 0 Å². The summed E-state index contributed by atoms with van der Waals surface area (Å²) in [4.78, 5) is 10.7. The van der Waals surface area contributed by atoms with Crippen LogP contribution < -0.4 is 5.32 Å². The van der Waals surface area contributed by atoms with Gasteiger partial charge in [0.25, 0.3) is 0 Å². The van der Waals surface area contributed by atoms with Crippen molar-refractivity contribution in [3.8, 4) is 11.1 Å². The number of hydrogen-bond donors (Lipinski definition) is 2. The van der Waals surface area contributed by atoms with Gasteiger partial charge in [-0.2, -0.15) is 0 Å². The van der Waals surface area contributed by atoms with Gasteiger partial charge in [0, 0.05) is 54.7 Å². The van der Waals surface area contributed by atoms with E-state index in [2.05, 4.69) is 20.2 Å². The molecule has 1 saturated heterocycles. The highest BCUT2D eigenvalue weighted by atomic mass is 16.3. The molecule has 0 aromatic carbocycles. The molecule has 0 radical (unpaired) electrons. The van der Waals surface area contributed by atoms with Gasteiger partial charge in [0.15, 0.2) is 0 Å². The van der Waals surface area contributed by atoms with Gasteiger partial charge in [-0.15, -0.1) is 0 Å². The van der Waals surface area contributed by atoms with Gasteiger partial charge in [-0.1, -0.05) is 12.5 Å². The van der Waals surface area contributed by atoms with Crippen LogP contribution in [0.2, 0.25) is 0 Å². The standard InChI is InChI=1S/C18H24N4O/c23-16(14-22-9-2-1-3-10-22)12-21-18-6-8-20-13-17(18)15-5-4-7-19-11-15/h4-8,11,13,16,23H,1-3,9-10,12,14H2,(H,20,21). The number of hydrogen-bond acceptors (Lipinski definition) is 5. The van der Waals surface area contributed by atoms with E-state index >= 15 is 0 Å². The Hall–Kier alpha value is -1.98. The second-order valence-corrected chi connectivity index (χ2v) is 6.06. The number of nitrogens with one attached hydrogen (secondary N) is 1. The molecule has 0 saturated carbocycles. The second-order valence-electron chi connectivity index (χ2n) is 6.06. The first kappa shape index (κ1) is 15.9. The average Bonchev–Trinajstić information content (AvgIpc) is 2.62. The van der Waals surface area contributed by atoms with Crippen LogP contribution in [0.5, 0.6) is 0 Å². The number of rotatable bonds is 6. The van der Waals surface area contributed by atoms with Gasteiger partial charge in [-0.25, -0.2) is 0 Å². The third-order valence-electron chi connectivity index (χ3n) is 4.24. The predicted octanol–water partition coefficient (Wildman–Crippen LogP) is 2.40. The summed E-state index contributed by atoms with van der Waals surface area (Å²) in [6, 6.07) is 5.87. The van der Waals surface area contributed by atoms with Crippen LogP contribution in [0.4, 0.5) is 5.69 Å². The van der Waals surface area contributed by atoms with Crippen LogP contribution in [0.1, 0.15) is 19.3 Å². The molecule has 1 unspecified atom stereocenters. The van der Waals surface area contributed by atoms with Crippen molar-refractivity contribution in [1.29, 1.82) is 0 Å². The summed E-state index contributed by atoms with van der Waals surface area (Å²) in [5.41, 5.74) is 3.00. The molecule has 3 heterocycles. The first-order valence-corrected chi connectivity index (χ1v) is 8.31. The quantitative estimate of drug-likeness (QED) is 0.858. The second kappa shape index (κ2) is 8.04. The Labute approximate surface area is 137 Å². The number of β-amino-alcohol motifs (C(OH)–C–C–N with tert-alkyl or cyclic N) is 1. The summed E-state index contributed by atoms with van der Waals surface area (Å²) in [5.74, 6) is 0. The van der Waals surface area contributed by atoms with Crippen LogP contribution in [0, 0.1) is 0 Å². The molecule has 0 spiro atoms. The maximum Gasteiger partial charge on any atom is 0.0839 e. The van der Waals surface area contributed by atoms with E-state index in [9.17, 15) is 5.11 Å². The Kier molecular flexibility index (Phi) is 5.56. The fourth-order valence-electron chi connectivity index (χ4n) is 3.03. The van der Waals surface area contributed by atoms with E-state index in [1.54, 1.807) is 12.4 Å². The summed E-state index contributed by atoms with van der Waals surface area (Å²) >= 11 is 0. The summed E-state index contributed by atoms with van der Waals surface area (Å²) in [7, 11) is 0. The molecular weight excluding hydrogens is 288 g/mol. The van der Waals surface area contributed by atoms with E-state index in [1.165, 1.54) is 19.3 Å². The molecule has 3 rings (SSSR count). The van der Waals surface area contributed by atoms with Gasteiger partial charge in [-0.05, 0) is 38.1 Å². The number of aromatic nitrogens is 2. The number of anilines is 1. The Morgan fingerprint density at radius 2 is 1.91 bits per heavy atom. The molecular formula is C18H24N4O. The minimum atomic E-state index is -0.372. The molecule has 5 heteroatoms. The highest BCUT2D eigenvalue weighted by molar-refractivity contribution is 5.76. The van der Waals surface area contributed by atoms with E-state index in [1.807, 2.05) is 30.6 Å². The molecule has 1 atom stereocenters. The number of aliphatic hydroxyl groups is 1. The summed E-state index contributed by atoms with van der Waals surface area (Å²) in [5, 5.41) is 13.6. The van der Waals surface area contributed by atoms with Crippen LogP contribution in [0.15, 0.2) is 43.0 Å². The molecule has 5 nitrogen and oxygen atoms in total. The largest absolute Gasteiger partial charge is 0.390 e. The number of pyridine rings is 2. The van der Waals surface area contributed by atoms with Crippen molar-refractivity contribution in [2.24, 2.45) is 0 Å². The van der Waals surface area contributed by atoms with Gasteiger partial charge in [0.2, 0.25) is 0 Å². The highest BCUT2D eigenvalue weighted by Crippen LogP contribution is 2.25. The van der Waals surface area contributed by atoms with Crippen LogP contribution >= 0.6 is 0 Å². The molecule has 122 valence electrons. The van der Waals surface area contributed by atoms with Crippen molar-refractivity contribution >= 4 is 5.69 Å². The fourth-order valence-corrected chi connectivity index (χ4v) is 3.03. The zero-order chi connectivity index (χ0) is 15.9. The molecule has 0 bridgehead atoms. The van der Waals surface area contributed by atoms with E-state index in [0.717, 1.165) is 36.4 Å². The zero-order valence-corrected chi connectivity index (χ0v) is 13.4.